The van der Waals surface area contributed by atoms with Gasteiger partial charge in [-0.05, 0) is 66.2 Å². The zero-order chi connectivity index (χ0) is 22.5. The maximum Gasteiger partial charge on any atom is 0.123 e. The van der Waals surface area contributed by atoms with Crippen molar-refractivity contribution in [1.82, 2.24) is 10.3 Å². The molecule has 0 aliphatic carbocycles. The first-order valence-corrected chi connectivity index (χ1v) is 12.2. The lowest BCUT2D eigenvalue weighted by Crippen LogP contribution is -2.15. The fourth-order valence-electron chi connectivity index (χ4n) is 4.11. The summed E-state index contributed by atoms with van der Waals surface area (Å²) in [6.07, 6.45) is 4.07. The fraction of sp³-hybridized carbons (Fsp3) is 0.179. The molecule has 166 valence electrons. The Morgan fingerprint density at radius 3 is 2.61 bits per heavy atom. The number of hydrogen-bond donors (Lipinski definition) is 2. The van der Waals surface area contributed by atoms with E-state index in [1.54, 1.807) is 17.4 Å². The van der Waals surface area contributed by atoms with Crippen LogP contribution in [0.1, 0.15) is 18.4 Å². The molecule has 0 bridgehead atoms. The van der Waals surface area contributed by atoms with Crippen LogP contribution in [0.4, 0.5) is 10.1 Å². The SMILES string of the molecule is Fc1ccc2scc(-c3ccc(CNCCCCNc4ccnc5ccccc45)cc3)c2c1. The summed E-state index contributed by atoms with van der Waals surface area (Å²) in [5.41, 5.74) is 5.66. The van der Waals surface area contributed by atoms with Crippen LogP contribution in [0.5, 0.6) is 0 Å². The maximum absolute atomic E-state index is 13.7. The molecule has 5 heteroatoms. The molecule has 0 radical (unpaired) electrons. The number of halogens is 1. The van der Waals surface area contributed by atoms with Crippen molar-refractivity contribution in [2.24, 2.45) is 0 Å². The highest BCUT2D eigenvalue weighted by Gasteiger charge is 2.07. The van der Waals surface area contributed by atoms with Gasteiger partial charge in [-0.15, -0.1) is 11.3 Å². The molecule has 0 fully saturated rings. The van der Waals surface area contributed by atoms with Gasteiger partial charge in [0.2, 0.25) is 0 Å². The van der Waals surface area contributed by atoms with E-state index in [9.17, 15) is 4.39 Å². The van der Waals surface area contributed by atoms with Crippen LogP contribution in [0, 0.1) is 5.82 Å². The largest absolute Gasteiger partial charge is 0.384 e. The Bertz CT molecular complexity index is 1360. The molecule has 3 aromatic carbocycles. The summed E-state index contributed by atoms with van der Waals surface area (Å²) in [6.45, 7) is 2.77. The molecule has 0 aliphatic heterocycles. The van der Waals surface area contributed by atoms with Gasteiger partial charge in [-0.1, -0.05) is 42.5 Å². The van der Waals surface area contributed by atoms with Crippen LogP contribution in [0.3, 0.4) is 0 Å². The van der Waals surface area contributed by atoms with Crippen LogP contribution in [0.25, 0.3) is 32.1 Å². The molecule has 5 rings (SSSR count). The molecular weight excluding hydrogens is 429 g/mol. The van der Waals surface area contributed by atoms with Crippen LogP contribution in [0.2, 0.25) is 0 Å². The summed E-state index contributed by atoms with van der Waals surface area (Å²) in [5, 5.41) is 11.3. The quantitative estimate of drug-likeness (QED) is 0.230. The molecule has 0 spiro atoms. The van der Waals surface area contributed by atoms with Crippen molar-refractivity contribution < 1.29 is 4.39 Å². The van der Waals surface area contributed by atoms with Crippen molar-refractivity contribution in [1.29, 1.82) is 0 Å². The number of pyridine rings is 1. The number of anilines is 1. The Kier molecular flexibility index (Phi) is 6.61. The third-order valence-corrected chi connectivity index (χ3v) is 6.84. The zero-order valence-corrected chi connectivity index (χ0v) is 19.2. The molecule has 2 N–H and O–H groups in total. The van der Waals surface area contributed by atoms with Gasteiger partial charge >= 0.3 is 0 Å². The van der Waals surface area contributed by atoms with Crippen molar-refractivity contribution in [2.45, 2.75) is 19.4 Å². The number of benzene rings is 3. The van der Waals surface area contributed by atoms with E-state index in [-0.39, 0.29) is 5.82 Å². The van der Waals surface area contributed by atoms with Crippen LogP contribution >= 0.6 is 11.3 Å². The first-order valence-electron chi connectivity index (χ1n) is 11.3. The van der Waals surface area contributed by atoms with Gasteiger partial charge in [-0.3, -0.25) is 4.98 Å². The van der Waals surface area contributed by atoms with Crippen LogP contribution in [-0.2, 0) is 6.54 Å². The smallest absolute Gasteiger partial charge is 0.123 e. The molecule has 0 unspecified atom stereocenters. The highest BCUT2D eigenvalue weighted by atomic mass is 32.1. The first-order chi connectivity index (χ1) is 16.3. The maximum atomic E-state index is 13.7. The normalized spacial score (nSPS) is 11.3. The molecule has 0 aliphatic rings. The van der Waals surface area contributed by atoms with Gasteiger partial charge in [0.15, 0.2) is 0 Å². The monoisotopic (exact) mass is 455 g/mol. The average molecular weight is 456 g/mol. The summed E-state index contributed by atoms with van der Waals surface area (Å²) in [6, 6.07) is 23.8. The van der Waals surface area contributed by atoms with Crippen molar-refractivity contribution in [3.8, 4) is 11.1 Å². The Labute approximate surface area is 197 Å². The van der Waals surface area contributed by atoms with Crippen molar-refractivity contribution >= 4 is 38.0 Å². The van der Waals surface area contributed by atoms with Gasteiger partial charge in [-0.2, -0.15) is 0 Å². The van der Waals surface area contributed by atoms with Crippen LogP contribution < -0.4 is 10.6 Å². The zero-order valence-electron chi connectivity index (χ0n) is 18.4. The van der Waals surface area contributed by atoms with Crippen molar-refractivity contribution in [2.75, 3.05) is 18.4 Å². The van der Waals surface area contributed by atoms with E-state index in [1.165, 1.54) is 17.0 Å². The molecule has 0 saturated carbocycles. The number of hydrogen-bond acceptors (Lipinski definition) is 4. The summed E-state index contributed by atoms with van der Waals surface area (Å²) in [5.74, 6) is -0.188. The van der Waals surface area contributed by atoms with E-state index in [0.717, 1.165) is 64.9 Å². The van der Waals surface area contributed by atoms with Gasteiger partial charge < -0.3 is 10.6 Å². The summed E-state index contributed by atoms with van der Waals surface area (Å²) >= 11 is 1.66. The Balaban J connectivity index is 1.07. The molecular formula is C28H26FN3S. The number of thiophene rings is 1. The Morgan fingerprint density at radius 1 is 0.848 bits per heavy atom. The van der Waals surface area contributed by atoms with E-state index in [1.807, 2.05) is 36.5 Å². The van der Waals surface area contributed by atoms with Gasteiger partial charge in [0.05, 0.1) is 5.52 Å². The molecule has 0 atom stereocenters. The third-order valence-electron chi connectivity index (χ3n) is 5.87. The van der Waals surface area contributed by atoms with Crippen molar-refractivity contribution in [3.05, 3.63) is 95.8 Å². The molecule has 0 amide bonds. The molecule has 0 saturated heterocycles. The standard InChI is InChI=1S/C28H26FN3S/c29-22-11-12-28-24(17-22)25(19-33-28)21-9-7-20(8-10-21)18-30-14-3-4-15-31-27-13-16-32-26-6-2-1-5-23(26)27/h1-2,5-13,16-17,19,30H,3-4,14-15,18H2,(H,31,32). The Hall–Kier alpha value is -3.28. The predicted octanol–water partition coefficient (Wildman–Crippen LogP) is 7.24. The fourth-order valence-corrected chi connectivity index (χ4v) is 5.06. The lowest BCUT2D eigenvalue weighted by Gasteiger charge is -2.10. The Morgan fingerprint density at radius 2 is 1.70 bits per heavy atom. The molecule has 5 aromatic rings. The van der Waals surface area contributed by atoms with E-state index in [0.29, 0.717) is 0 Å². The average Bonchev–Trinajstić information content (AvgIpc) is 3.27. The number of rotatable bonds is 9. The summed E-state index contributed by atoms with van der Waals surface area (Å²) in [4.78, 5) is 4.41. The second-order valence-electron chi connectivity index (χ2n) is 8.17. The number of fused-ring (bicyclic) bond motifs is 2. The summed E-state index contributed by atoms with van der Waals surface area (Å²) < 4.78 is 14.8. The lowest BCUT2D eigenvalue weighted by molar-refractivity contribution is 0.630. The second kappa shape index (κ2) is 10.1. The molecule has 2 heterocycles. The van der Waals surface area contributed by atoms with E-state index in [2.05, 4.69) is 51.3 Å². The van der Waals surface area contributed by atoms with Gasteiger partial charge in [0, 0.05) is 46.0 Å². The minimum absolute atomic E-state index is 0.188. The molecule has 33 heavy (non-hydrogen) atoms. The van der Waals surface area contributed by atoms with Crippen LogP contribution in [-0.4, -0.2) is 18.1 Å². The first kappa shape index (κ1) is 21.6. The highest BCUT2D eigenvalue weighted by Crippen LogP contribution is 2.34. The molecule has 3 nitrogen and oxygen atoms in total. The van der Waals surface area contributed by atoms with E-state index in [4.69, 9.17) is 0 Å². The predicted molar refractivity (Wildman–Crippen MR) is 138 cm³/mol. The summed E-state index contributed by atoms with van der Waals surface area (Å²) in [7, 11) is 0. The van der Waals surface area contributed by atoms with Crippen molar-refractivity contribution in [3.63, 3.8) is 0 Å². The minimum atomic E-state index is -0.188. The topological polar surface area (TPSA) is 37.0 Å². The number of para-hydroxylation sites is 1. The number of nitrogens with one attached hydrogen (secondary N) is 2. The van der Waals surface area contributed by atoms with Gasteiger partial charge in [-0.25, -0.2) is 4.39 Å². The van der Waals surface area contributed by atoms with Crippen LogP contribution in [0.15, 0.2) is 84.4 Å². The number of nitrogens with zero attached hydrogens (tertiary/aromatic N) is 1. The van der Waals surface area contributed by atoms with Gasteiger partial charge in [0.25, 0.3) is 0 Å². The van der Waals surface area contributed by atoms with E-state index < -0.39 is 0 Å². The highest BCUT2D eigenvalue weighted by molar-refractivity contribution is 7.17. The number of aromatic nitrogens is 1. The minimum Gasteiger partial charge on any atom is -0.384 e. The second-order valence-corrected chi connectivity index (χ2v) is 9.08. The van der Waals surface area contributed by atoms with Gasteiger partial charge in [0.1, 0.15) is 5.82 Å². The van der Waals surface area contributed by atoms with E-state index >= 15 is 0 Å². The molecule has 2 aromatic heterocycles. The third kappa shape index (κ3) is 5.05. The lowest BCUT2D eigenvalue weighted by atomic mass is 10.0. The number of unbranched alkanes of at least 4 members (excludes halogenated alkanes) is 1.